The number of aryl methyl sites for hydroxylation is 2. The molecule has 1 fully saturated rings. The second-order valence-corrected chi connectivity index (χ2v) is 10.3. The fourth-order valence-electron chi connectivity index (χ4n) is 4.16. The summed E-state index contributed by atoms with van der Waals surface area (Å²) in [5.74, 6) is -0.909. The van der Waals surface area contributed by atoms with Crippen LogP contribution in [0.4, 0.5) is 10.1 Å². The van der Waals surface area contributed by atoms with E-state index in [0.717, 1.165) is 47.0 Å². The molecule has 1 aliphatic rings. The molecule has 172 valence electrons. The lowest BCUT2D eigenvalue weighted by molar-refractivity contribution is -0.115. The second-order valence-electron chi connectivity index (χ2n) is 8.57. The first-order valence-corrected chi connectivity index (χ1v) is 12.9. The second kappa shape index (κ2) is 9.86. The van der Waals surface area contributed by atoms with Gasteiger partial charge in [-0.25, -0.2) is 17.5 Å². The van der Waals surface area contributed by atoms with Crippen molar-refractivity contribution < 1.29 is 17.6 Å². The smallest absolute Gasteiger partial charge is 0.260 e. The molecule has 0 atom stereocenters. The zero-order valence-corrected chi connectivity index (χ0v) is 19.9. The normalized spacial score (nSPS) is 15.1. The zero-order valence-electron chi connectivity index (χ0n) is 19.1. The molecule has 0 heterocycles. The van der Waals surface area contributed by atoms with Gasteiger partial charge in [0.05, 0.1) is 6.26 Å². The Morgan fingerprint density at radius 1 is 1.09 bits per heavy atom. The van der Waals surface area contributed by atoms with Crippen LogP contribution in [0.1, 0.15) is 55.7 Å². The molecule has 0 aliphatic heterocycles. The van der Waals surface area contributed by atoms with Gasteiger partial charge in [-0.1, -0.05) is 31.9 Å². The molecule has 0 saturated heterocycles. The first kappa shape index (κ1) is 24.0. The van der Waals surface area contributed by atoms with E-state index >= 15 is 0 Å². The van der Waals surface area contributed by atoms with Crippen LogP contribution < -0.4 is 10.0 Å². The minimum Gasteiger partial charge on any atom is -0.382 e. The molecule has 2 aromatic rings. The van der Waals surface area contributed by atoms with Gasteiger partial charge in [-0.3, -0.25) is 4.79 Å². The van der Waals surface area contributed by atoms with E-state index in [1.807, 2.05) is 36.8 Å². The SMILES string of the molecule is CCC(=Cc1cc(C)c(-c2ccc(NC3CCCC3)cc2F)cc1C)C(=O)NS(C)(=O)=O. The van der Waals surface area contributed by atoms with Gasteiger partial charge >= 0.3 is 0 Å². The van der Waals surface area contributed by atoms with Gasteiger partial charge in [-0.15, -0.1) is 0 Å². The quantitative estimate of drug-likeness (QED) is 0.550. The number of amides is 1. The average Bonchev–Trinajstić information content (AvgIpc) is 3.20. The van der Waals surface area contributed by atoms with Crippen molar-refractivity contribution in [3.8, 4) is 11.1 Å². The third-order valence-corrected chi connectivity index (χ3v) is 6.43. The van der Waals surface area contributed by atoms with E-state index in [4.69, 9.17) is 0 Å². The lowest BCUT2D eigenvalue weighted by Gasteiger charge is -2.16. The van der Waals surface area contributed by atoms with Crippen LogP contribution in [0, 0.1) is 19.7 Å². The summed E-state index contributed by atoms with van der Waals surface area (Å²) < 4.78 is 39.8. The Balaban J connectivity index is 1.89. The molecule has 2 aromatic carbocycles. The maximum absolute atomic E-state index is 15.0. The Hall–Kier alpha value is -2.67. The molecule has 0 bridgehead atoms. The molecule has 0 unspecified atom stereocenters. The number of anilines is 1. The molecule has 3 rings (SSSR count). The highest BCUT2D eigenvalue weighted by atomic mass is 32.2. The van der Waals surface area contributed by atoms with Crippen molar-refractivity contribution in [2.24, 2.45) is 0 Å². The lowest BCUT2D eigenvalue weighted by atomic mass is 9.93. The molecule has 32 heavy (non-hydrogen) atoms. The lowest BCUT2D eigenvalue weighted by Crippen LogP contribution is -2.30. The highest BCUT2D eigenvalue weighted by Gasteiger charge is 2.17. The number of halogens is 1. The fraction of sp³-hybridized carbons (Fsp3) is 0.400. The van der Waals surface area contributed by atoms with Crippen molar-refractivity contribution in [2.45, 2.75) is 58.9 Å². The minimum atomic E-state index is -3.64. The van der Waals surface area contributed by atoms with Crippen LogP contribution in [0.5, 0.6) is 0 Å². The molecule has 0 spiro atoms. The van der Waals surface area contributed by atoms with Gasteiger partial charge < -0.3 is 5.32 Å². The van der Waals surface area contributed by atoms with Gasteiger partial charge in [0.15, 0.2) is 0 Å². The van der Waals surface area contributed by atoms with Gasteiger partial charge in [0, 0.05) is 22.9 Å². The number of hydrogen-bond acceptors (Lipinski definition) is 4. The average molecular weight is 459 g/mol. The highest BCUT2D eigenvalue weighted by molar-refractivity contribution is 7.89. The molecule has 1 saturated carbocycles. The van der Waals surface area contributed by atoms with E-state index in [0.29, 0.717) is 23.6 Å². The molecule has 1 amide bonds. The maximum atomic E-state index is 15.0. The fourth-order valence-corrected chi connectivity index (χ4v) is 4.63. The number of rotatable bonds is 7. The molecule has 1 aliphatic carbocycles. The van der Waals surface area contributed by atoms with Gasteiger partial charge in [-0.2, -0.15) is 0 Å². The molecular weight excluding hydrogens is 427 g/mol. The summed E-state index contributed by atoms with van der Waals surface area (Å²) in [6.45, 7) is 5.59. The van der Waals surface area contributed by atoms with E-state index in [9.17, 15) is 17.6 Å². The van der Waals surface area contributed by atoms with Crippen LogP contribution in [-0.2, 0) is 14.8 Å². The zero-order chi connectivity index (χ0) is 23.5. The number of carbonyl (C=O) groups is 1. The van der Waals surface area contributed by atoms with Crippen molar-refractivity contribution in [3.05, 3.63) is 58.4 Å². The summed E-state index contributed by atoms with van der Waals surface area (Å²) in [4.78, 5) is 12.3. The monoisotopic (exact) mass is 458 g/mol. The Morgan fingerprint density at radius 2 is 1.78 bits per heavy atom. The van der Waals surface area contributed by atoms with Gasteiger partial charge in [0.1, 0.15) is 5.82 Å². The summed E-state index contributed by atoms with van der Waals surface area (Å²) >= 11 is 0. The molecule has 2 N–H and O–H groups in total. The van der Waals surface area contributed by atoms with Crippen molar-refractivity contribution in [3.63, 3.8) is 0 Å². The molecule has 7 heteroatoms. The van der Waals surface area contributed by atoms with Crippen LogP contribution in [0.15, 0.2) is 35.9 Å². The standard InChI is InChI=1S/C25H31FN2O3S/c1-5-18(25(29)28-32(4,30)31)14-19-12-17(3)23(13-16(19)2)22-11-10-21(15-24(22)26)27-20-8-6-7-9-20/h10-15,20,27H,5-9H2,1-4H3,(H,28,29). The van der Waals surface area contributed by atoms with Crippen LogP contribution in [0.2, 0.25) is 0 Å². The minimum absolute atomic E-state index is 0.277. The van der Waals surface area contributed by atoms with E-state index in [2.05, 4.69) is 5.32 Å². The summed E-state index contributed by atoms with van der Waals surface area (Å²) in [6.07, 6.45) is 7.70. The van der Waals surface area contributed by atoms with Crippen molar-refractivity contribution in [2.75, 3.05) is 11.6 Å². The molecule has 5 nitrogen and oxygen atoms in total. The third kappa shape index (κ3) is 5.97. The number of benzene rings is 2. The van der Waals surface area contributed by atoms with E-state index < -0.39 is 15.9 Å². The van der Waals surface area contributed by atoms with Crippen LogP contribution >= 0.6 is 0 Å². The maximum Gasteiger partial charge on any atom is 0.260 e. The number of carbonyl (C=O) groups excluding carboxylic acids is 1. The van der Waals surface area contributed by atoms with E-state index in [1.54, 1.807) is 25.1 Å². The summed E-state index contributed by atoms with van der Waals surface area (Å²) in [7, 11) is -3.64. The Bertz CT molecular complexity index is 1150. The first-order valence-electron chi connectivity index (χ1n) is 11.0. The molecule has 0 aromatic heterocycles. The Labute approximate surface area is 190 Å². The van der Waals surface area contributed by atoms with Gasteiger partial charge in [0.2, 0.25) is 10.0 Å². The predicted molar refractivity (Wildman–Crippen MR) is 128 cm³/mol. The summed E-state index contributed by atoms with van der Waals surface area (Å²) in [6, 6.07) is 9.51. The van der Waals surface area contributed by atoms with Crippen molar-refractivity contribution in [1.82, 2.24) is 4.72 Å². The number of nitrogens with one attached hydrogen (secondary N) is 2. The van der Waals surface area contributed by atoms with Crippen LogP contribution in [0.25, 0.3) is 17.2 Å². The van der Waals surface area contributed by atoms with Crippen molar-refractivity contribution in [1.29, 1.82) is 0 Å². The first-order chi connectivity index (χ1) is 15.1. The Kier molecular flexibility index (Phi) is 7.39. The highest BCUT2D eigenvalue weighted by Crippen LogP contribution is 2.32. The van der Waals surface area contributed by atoms with Crippen molar-refractivity contribution >= 4 is 27.7 Å². The van der Waals surface area contributed by atoms with Crippen LogP contribution in [0.3, 0.4) is 0 Å². The van der Waals surface area contributed by atoms with E-state index in [-0.39, 0.29) is 5.82 Å². The van der Waals surface area contributed by atoms with E-state index in [1.165, 1.54) is 12.8 Å². The number of hydrogen-bond donors (Lipinski definition) is 2. The largest absolute Gasteiger partial charge is 0.382 e. The molecular formula is C25H31FN2O3S. The summed E-state index contributed by atoms with van der Waals surface area (Å²) in [5.41, 5.74) is 5.03. The topological polar surface area (TPSA) is 75.3 Å². The predicted octanol–water partition coefficient (Wildman–Crippen LogP) is 5.33. The Morgan fingerprint density at radius 3 is 2.38 bits per heavy atom. The summed E-state index contributed by atoms with van der Waals surface area (Å²) in [5, 5.41) is 3.42. The third-order valence-electron chi connectivity index (χ3n) is 5.88. The van der Waals surface area contributed by atoms with Gasteiger partial charge in [0.25, 0.3) is 5.91 Å². The number of sulfonamides is 1. The van der Waals surface area contributed by atoms with Crippen LogP contribution in [-0.4, -0.2) is 26.6 Å². The molecule has 0 radical (unpaired) electrons. The van der Waals surface area contributed by atoms with Gasteiger partial charge in [-0.05, 0) is 79.6 Å².